The maximum Gasteiger partial charge on any atom is 0.213 e. The van der Waals surface area contributed by atoms with Crippen molar-refractivity contribution in [2.45, 2.75) is 25.0 Å². The van der Waals surface area contributed by atoms with Gasteiger partial charge < -0.3 is 10.1 Å². The maximum absolute atomic E-state index is 12.6. The summed E-state index contributed by atoms with van der Waals surface area (Å²) in [4.78, 5) is 3.90. The molecule has 80 valence electrons. The Morgan fingerprint density at radius 1 is 1.40 bits per heavy atom. The van der Waals surface area contributed by atoms with Crippen LogP contribution in [0.25, 0.3) is 0 Å². The first-order valence-electron chi connectivity index (χ1n) is 5.33. The van der Waals surface area contributed by atoms with Crippen molar-refractivity contribution in [1.82, 2.24) is 10.3 Å². The first kappa shape index (κ1) is 9.09. The van der Waals surface area contributed by atoms with Crippen LogP contribution in [0.1, 0.15) is 12.8 Å². The van der Waals surface area contributed by atoms with Gasteiger partial charge in [0.1, 0.15) is 11.9 Å². The molecule has 0 aromatic carbocycles. The van der Waals surface area contributed by atoms with E-state index in [2.05, 4.69) is 10.3 Å². The summed E-state index contributed by atoms with van der Waals surface area (Å²) < 4.78 is 18.3. The first-order valence-corrected chi connectivity index (χ1v) is 5.33. The van der Waals surface area contributed by atoms with Crippen LogP contribution in [0.5, 0.6) is 5.88 Å². The van der Waals surface area contributed by atoms with Crippen LogP contribution >= 0.6 is 0 Å². The molecule has 3 atom stereocenters. The highest BCUT2D eigenvalue weighted by atomic mass is 19.1. The van der Waals surface area contributed by atoms with E-state index in [0.717, 1.165) is 18.9 Å². The highest BCUT2D eigenvalue weighted by Crippen LogP contribution is 2.33. The van der Waals surface area contributed by atoms with Crippen LogP contribution in [0, 0.1) is 11.7 Å². The molecule has 1 aromatic heterocycles. The molecule has 1 aromatic rings. The van der Waals surface area contributed by atoms with Crippen molar-refractivity contribution in [2.24, 2.45) is 5.92 Å². The lowest BCUT2D eigenvalue weighted by Crippen LogP contribution is -2.40. The molecule has 1 saturated heterocycles. The van der Waals surface area contributed by atoms with Crippen molar-refractivity contribution in [1.29, 1.82) is 0 Å². The van der Waals surface area contributed by atoms with E-state index in [1.165, 1.54) is 18.7 Å². The Balaban J connectivity index is 1.68. The van der Waals surface area contributed by atoms with Gasteiger partial charge in [-0.25, -0.2) is 9.37 Å². The number of piperidine rings is 1. The fourth-order valence-electron chi connectivity index (χ4n) is 2.52. The van der Waals surface area contributed by atoms with E-state index < -0.39 is 0 Å². The maximum atomic E-state index is 12.6. The molecule has 2 heterocycles. The molecule has 0 spiro atoms. The largest absolute Gasteiger partial charge is 0.473 e. The molecule has 1 aliphatic carbocycles. The first-order chi connectivity index (χ1) is 7.31. The summed E-state index contributed by atoms with van der Waals surface area (Å²) in [5.74, 6) is 0.949. The highest BCUT2D eigenvalue weighted by molar-refractivity contribution is 5.12. The van der Waals surface area contributed by atoms with Crippen LogP contribution in [-0.4, -0.2) is 23.7 Å². The van der Waals surface area contributed by atoms with Gasteiger partial charge in [0.05, 0.1) is 6.20 Å². The van der Waals surface area contributed by atoms with Gasteiger partial charge in [-0.05, 0) is 31.4 Å². The fourth-order valence-corrected chi connectivity index (χ4v) is 2.52. The predicted octanol–water partition coefficient (Wildman–Crippen LogP) is 1.35. The zero-order valence-electron chi connectivity index (χ0n) is 8.32. The smallest absolute Gasteiger partial charge is 0.213 e. The van der Waals surface area contributed by atoms with E-state index in [1.54, 1.807) is 6.07 Å². The summed E-state index contributed by atoms with van der Waals surface area (Å²) in [5.41, 5.74) is 0. The number of hydrogen-bond acceptors (Lipinski definition) is 3. The monoisotopic (exact) mass is 208 g/mol. The number of hydrogen-bond donors (Lipinski definition) is 1. The lowest BCUT2D eigenvalue weighted by molar-refractivity contribution is 0.152. The number of pyridine rings is 1. The normalized spacial score (nSPS) is 33.3. The molecule has 0 unspecified atom stereocenters. The van der Waals surface area contributed by atoms with Crippen molar-refractivity contribution in [2.75, 3.05) is 6.54 Å². The summed E-state index contributed by atoms with van der Waals surface area (Å²) in [7, 11) is 0. The van der Waals surface area contributed by atoms with Crippen molar-refractivity contribution >= 4 is 0 Å². The van der Waals surface area contributed by atoms with Gasteiger partial charge in [0.2, 0.25) is 5.88 Å². The summed E-state index contributed by atoms with van der Waals surface area (Å²) >= 11 is 0. The Bertz CT molecular complexity index is 354. The average Bonchev–Trinajstić information content (AvgIpc) is 2.83. The lowest BCUT2D eigenvalue weighted by Gasteiger charge is -2.23. The highest BCUT2D eigenvalue weighted by Gasteiger charge is 2.40. The zero-order valence-corrected chi connectivity index (χ0v) is 8.32. The van der Waals surface area contributed by atoms with Gasteiger partial charge in [0.15, 0.2) is 0 Å². The number of ether oxygens (including phenoxy) is 1. The molecule has 2 bridgehead atoms. The minimum absolute atomic E-state index is 0.210. The van der Waals surface area contributed by atoms with Crippen molar-refractivity contribution in [3.63, 3.8) is 0 Å². The number of aromatic nitrogens is 1. The summed E-state index contributed by atoms with van der Waals surface area (Å²) in [6.07, 6.45) is 3.69. The molecule has 0 radical (unpaired) electrons. The Morgan fingerprint density at radius 2 is 2.33 bits per heavy atom. The second kappa shape index (κ2) is 3.45. The van der Waals surface area contributed by atoms with Gasteiger partial charge in [-0.15, -0.1) is 0 Å². The van der Waals surface area contributed by atoms with Crippen LogP contribution in [0.3, 0.4) is 0 Å². The van der Waals surface area contributed by atoms with Gasteiger partial charge in [0, 0.05) is 12.1 Å². The van der Waals surface area contributed by atoms with Gasteiger partial charge in [-0.2, -0.15) is 0 Å². The minimum atomic E-state index is -0.326. The summed E-state index contributed by atoms with van der Waals surface area (Å²) in [6.45, 7) is 1.11. The predicted molar refractivity (Wildman–Crippen MR) is 53.1 cm³/mol. The molecule has 3 nitrogen and oxygen atoms in total. The average molecular weight is 208 g/mol. The number of rotatable bonds is 2. The van der Waals surface area contributed by atoms with E-state index in [1.807, 2.05) is 0 Å². The third kappa shape index (κ3) is 1.69. The van der Waals surface area contributed by atoms with E-state index in [-0.39, 0.29) is 11.9 Å². The van der Waals surface area contributed by atoms with Crippen LogP contribution in [0.4, 0.5) is 4.39 Å². The second-order valence-electron chi connectivity index (χ2n) is 4.32. The van der Waals surface area contributed by atoms with Crippen LogP contribution in [-0.2, 0) is 0 Å². The van der Waals surface area contributed by atoms with Crippen molar-refractivity contribution < 1.29 is 9.13 Å². The van der Waals surface area contributed by atoms with E-state index in [4.69, 9.17) is 4.74 Å². The Hall–Kier alpha value is -1.16. The molecule has 2 aliphatic rings. The molecule has 1 N–H and O–H groups in total. The van der Waals surface area contributed by atoms with E-state index in [9.17, 15) is 4.39 Å². The van der Waals surface area contributed by atoms with Crippen LogP contribution in [0.15, 0.2) is 18.3 Å². The standard InChI is InChI=1S/C11H13FN2O/c12-8-1-2-11(14-6-8)15-10-4-7-3-9(10)13-5-7/h1-2,6-7,9-10,13H,3-5H2/t7-,9+,10-/m1/s1. The fraction of sp³-hybridized carbons (Fsp3) is 0.545. The van der Waals surface area contributed by atoms with Gasteiger partial charge in [-0.3, -0.25) is 0 Å². The Labute approximate surface area is 87.7 Å². The number of fused-ring (bicyclic) bond motifs is 2. The SMILES string of the molecule is Fc1ccc(O[C@@H]2C[C@@H]3CN[C@H]2C3)nc1. The number of nitrogens with zero attached hydrogens (tertiary/aromatic N) is 1. The van der Waals surface area contributed by atoms with Gasteiger partial charge in [0.25, 0.3) is 0 Å². The topological polar surface area (TPSA) is 34.1 Å². The molecule has 0 amide bonds. The molecular weight excluding hydrogens is 195 g/mol. The Morgan fingerprint density at radius 3 is 2.93 bits per heavy atom. The van der Waals surface area contributed by atoms with E-state index >= 15 is 0 Å². The van der Waals surface area contributed by atoms with Gasteiger partial charge >= 0.3 is 0 Å². The summed E-state index contributed by atoms with van der Waals surface area (Å²) in [5, 5.41) is 3.41. The molecular formula is C11H13FN2O. The second-order valence-corrected chi connectivity index (χ2v) is 4.32. The Kier molecular flexibility index (Phi) is 2.09. The molecule has 4 heteroatoms. The van der Waals surface area contributed by atoms with Crippen molar-refractivity contribution in [3.8, 4) is 5.88 Å². The zero-order chi connectivity index (χ0) is 10.3. The number of halogens is 1. The quantitative estimate of drug-likeness (QED) is 0.796. The van der Waals surface area contributed by atoms with Gasteiger partial charge in [-0.1, -0.05) is 0 Å². The van der Waals surface area contributed by atoms with Crippen molar-refractivity contribution in [3.05, 3.63) is 24.1 Å². The minimum Gasteiger partial charge on any atom is -0.473 e. The molecule has 2 fully saturated rings. The summed E-state index contributed by atoms with van der Waals surface area (Å²) in [6, 6.07) is 3.42. The lowest BCUT2D eigenvalue weighted by atomic mass is 10.1. The third-order valence-corrected chi connectivity index (χ3v) is 3.24. The van der Waals surface area contributed by atoms with E-state index in [0.29, 0.717) is 11.9 Å². The molecule has 15 heavy (non-hydrogen) atoms. The number of nitrogens with one attached hydrogen (secondary N) is 1. The third-order valence-electron chi connectivity index (χ3n) is 3.24. The van der Waals surface area contributed by atoms with Crippen LogP contribution in [0.2, 0.25) is 0 Å². The molecule has 3 rings (SSSR count). The molecule has 1 saturated carbocycles. The molecule has 1 aliphatic heterocycles. The van der Waals surface area contributed by atoms with Crippen LogP contribution < -0.4 is 10.1 Å².